The number of ether oxygens (including phenoxy) is 2. The zero-order valence-electron chi connectivity index (χ0n) is 31.1. The molecule has 0 saturated carbocycles. The minimum atomic E-state index is -0.524. The first-order chi connectivity index (χ1) is 25.4. The molecule has 0 spiro atoms. The summed E-state index contributed by atoms with van der Waals surface area (Å²) in [6, 6.07) is 25.5. The van der Waals surface area contributed by atoms with E-state index in [4.69, 9.17) is 9.47 Å². The van der Waals surface area contributed by atoms with Crippen LogP contribution in [0.4, 0.5) is 0 Å². The second-order valence-corrected chi connectivity index (χ2v) is 15.0. The molecule has 0 radical (unpaired) electrons. The molecule has 5 atom stereocenters. The first-order valence-corrected chi connectivity index (χ1v) is 19.5. The highest BCUT2D eigenvalue weighted by atomic mass is 16.7. The number of carbonyl (C=O) groups is 2. The normalized spacial score (nSPS) is 23.9. The van der Waals surface area contributed by atoms with Gasteiger partial charge in [0.25, 0.3) is 0 Å². The lowest BCUT2D eigenvalue weighted by Crippen LogP contribution is -2.48. The lowest BCUT2D eigenvalue weighted by atomic mass is 9.89. The number of benzene rings is 3. The average molecular weight is 711 g/mol. The lowest BCUT2D eigenvalue weighted by molar-refractivity contribution is -0.276. The summed E-state index contributed by atoms with van der Waals surface area (Å²) >= 11 is 0. The first kappa shape index (κ1) is 38.1. The summed E-state index contributed by atoms with van der Waals surface area (Å²) in [4.78, 5) is 28.8. The number of unbranched alkanes of at least 4 members (excludes halogenated alkanes) is 2. The molecular formula is C43H58N4O5. The predicted molar refractivity (Wildman–Crippen MR) is 204 cm³/mol. The monoisotopic (exact) mass is 710 g/mol. The van der Waals surface area contributed by atoms with E-state index in [2.05, 4.69) is 75.9 Å². The average Bonchev–Trinajstić information content (AvgIpc) is 3.85. The van der Waals surface area contributed by atoms with Crippen LogP contribution >= 0.6 is 0 Å². The molecule has 3 N–H and O–H groups in total. The number of likely N-dealkylation sites (tertiary alicyclic amines) is 2. The number of nitrogens with zero attached hydrogens (tertiary/aromatic N) is 2. The van der Waals surface area contributed by atoms with Crippen molar-refractivity contribution in [2.24, 2.45) is 5.92 Å². The Balaban J connectivity index is 1.13. The van der Waals surface area contributed by atoms with Crippen molar-refractivity contribution >= 4 is 11.8 Å². The fourth-order valence-corrected chi connectivity index (χ4v) is 8.03. The predicted octanol–water partition coefficient (Wildman–Crippen LogP) is 6.51. The quantitative estimate of drug-likeness (QED) is 0.146. The smallest absolute Gasteiger partial charge is 0.220 e. The summed E-state index contributed by atoms with van der Waals surface area (Å²) < 4.78 is 13.8. The van der Waals surface area contributed by atoms with Crippen LogP contribution in [-0.4, -0.2) is 78.1 Å². The summed E-state index contributed by atoms with van der Waals surface area (Å²) in [6.45, 7) is 10.5. The highest BCUT2D eigenvalue weighted by Gasteiger charge is 2.41. The van der Waals surface area contributed by atoms with Gasteiger partial charge in [0, 0.05) is 57.0 Å². The van der Waals surface area contributed by atoms with Crippen LogP contribution in [0.15, 0.2) is 72.8 Å². The van der Waals surface area contributed by atoms with E-state index >= 15 is 0 Å². The van der Waals surface area contributed by atoms with Gasteiger partial charge in [0.2, 0.25) is 11.8 Å². The second-order valence-electron chi connectivity index (χ2n) is 15.0. The highest BCUT2D eigenvalue weighted by molar-refractivity contribution is 5.76. The van der Waals surface area contributed by atoms with Gasteiger partial charge in [-0.3, -0.25) is 14.5 Å². The number of aliphatic hydroxyl groups excluding tert-OH is 1. The minimum Gasteiger partial charge on any atom is -0.392 e. The molecule has 0 aliphatic carbocycles. The van der Waals surface area contributed by atoms with Gasteiger partial charge in [-0.2, -0.15) is 0 Å². The van der Waals surface area contributed by atoms with Crippen molar-refractivity contribution in [2.45, 2.75) is 103 Å². The van der Waals surface area contributed by atoms with E-state index in [1.807, 2.05) is 24.3 Å². The summed E-state index contributed by atoms with van der Waals surface area (Å²) in [5.74, 6) is 0.164. The molecule has 3 aliphatic rings. The maximum Gasteiger partial charge on any atom is 0.220 e. The van der Waals surface area contributed by atoms with E-state index < -0.39 is 6.29 Å². The van der Waals surface area contributed by atoms with E-state index in [0.29, 0.717) is 25.6 Å². The van der Waals surface area contributed by atoms with E-state index in [1.165, 1.54) is 45.7 Å². The molecule has 3 fully saturated rings. The van der Waals surface area contributed by atoms with Crippen LogP contribution in [0.5, 0.6) is 0 Å². The van der Waals surface area contributed by atoms with Crippen LogP contribution in [0.25, 0.3) is 11.1 Å². The SMILES string of the molecule is CC(=O)NCCCCCC(=O)NCc1cccc(-c2cccc([C@@H]3O[C@H](CN4CCC[C@H]4CN4CCCC4)[C@H](C)[C@H](c4ccc(CO)cc4)O3)c2)c1. The standard InChI is InChI=1S/C43H58N4O5/c1-31-40(29-47-24-10-15-39(47)28-46-22-6-7-23-46)51-43(52-42(31)35-19-17-33(30-48)18-20-35)38-14-9-13-37(26-38)36-12-8-11-34(25-36)27-45-41(50)16-4-3-5-21-44-32(2)49/h8-9,11-14,17-20,25-26,31,39-40,42-43,48H,3-7,10,15-16,21-24,27-30H2,1-2H3,(H,44,49)(H,45,50)/t31-,39-,40+,42+,43+/m0/s1. The fraction of sp³-hybridized carbons (Fsp3) is 0.535. The van der Waals surface area contributed by atoms with Crippen molar-refractivity contribution in [2.75, 3.05) is 39.3 Å². The molecule has 2 amide bonds. The summed E-state index contributed by atoms with van der Waals surface area (Å²) in [5.41, 5.74) is 6.17. The molecule has 0 unspecified atom stereocenters. The summed E-state index contributed by atoms with van der Waals surface area (Å²) in [6.07, 6.45) is 7.49. The number of hydrogen-bond acceptors (Lipinski definition) is 7. The summed E-state index contributed by atoms with van der Waals surface area (Å²) in [5, 5.41) is 15.5. The number of rotatable bonds is 16. The van der Waals surface area contributed by atoms with Gasteiger partial charge < -0.3 is 30.1 Å². The highest BCUT2D eigenvalue weighted by Crippen LogP contribution is 2.43. The molecule has 52 heavy (non-hydrogen) atoms. The van der Waals surface area contributed by atoms with E-state index in [1.54, 1.807) is 0 Å². The number of amides is 2. The van der Waals surface area contributed by atoms with Gasteiger partial charge in [0.1, 0.15) is 0 Å². The molecule has 3 aromatic rings. The van der Waals surface area contributed by atoms with Gasteiger partial charge in [-0.25, -0.2) is 0 Å². The zero-order valence-corrected chi connectivity index (χ0v) is 31.1. The van der Waals surface area contributed by atoms with Gasteiger partial charge in [-0.05, 0) is 98.1 Å². The maximum atomic E-state index is 12.5. The topological polar surface area (TPSA) is 103 Å². The van der Waals surface area contributed by atoms with Gasteiger partial charge in [-0.1, -0.05) is 74.0 Å². The molecule has 9 heteroatoms. The molecule has 3 heterocycles. The summed E-state index contributed by atoms with van der Waals surface area (Å²) in [7, 11) is 0. The van der Waals surface area contributed by atoms with Crippen LogP contribution in [0, 0.1) is 5.92 Å². The Labute approximate surface area is 310 Å². The number of hydrogen-bond donors (Lipinski definition) is 3. The van der Waals surface area contributed by atoms with E-state index in [-0.39, 0.29) is 36.5 Å². The Morgan fingerprint density at radius 1 is 0.808 bits per heavy atom. The Hall–Kier alpha value is -3.60. The fourth-order valence-electron chi connectivity index (χ4n) is 8.03. The van der Waals surface area contributed by atoms with Crippen LogP contribution < -0.4 is 10.6 Å². The Morgan fingerprint density at radius 2 is 1.58 bits per heavy atom. The Morgan fingerprint density at radius 3 is 2.35 bits per heavy atom. The van der Waals surface area contributed by atoms with E-state index in [0.717, 1.165) is 72.3 Å². The van der Waals surface area contributed by atoms with Crippen molar-refractivity contribution in [1.82, 2.24) is 20.4 Å². The van der Waals surface area contributed by atoms with E-state index in [9.17, 15) is 14.7 Å². The molecule has 3 saturated heterocycles. The third kappa shape index (κ3) is 10.5. The molecule has 3 aromatic carbocycles. The molecule has 6 rings (SSSR count). The maximum absolute atomic E-state index is 12.5. The first-order valence-electron chi connectivity index (χ1n) is 19.5. The zero-order chi connectivity index (χ0) is 36.3. The van der Waals surface area contributed by atoms with Crippen molar-refractivity contribution in [1.29, 1.82) is 0 Å². The molecule has 3 aliphatic heterocycles. The Kier molecular flexibility index (Phi) is 13.9. The van der Waals surface area contributed by atoms with Crippen LogP contribution in [0.2, 0.25) is 0 Å². The van der Waals surface area contributed by atoms with Crippen molar-refractivity contribution in [3.8, 4) is 11.1 Å². The van der Waals surface area contributed by atoms with Crippen LogP contribution in [0.3, 0.4) is 0 Å². The Bertz CT molecular complexity index is 1590. The third-order valence-electron chi connectivity index (χ3n) is 11.1. The lowest BCUT2D eigenvalue weighted by Gasteiger charge is -2.43. The third-order valence-corrected chi connectivity index (χ3v) is 11.1. The molecule has 9 nitrogen and oxygen atoms in total. The molecule has 0 aromatic heterocycles. The van der Waals surface area contributed by atoms with Gasteiger partial charge in [0.05, 0.1) is 18.8 Å². The second kappa shape index (κ2) is 18.9. The molecule has 0 bridgehead atoms. The number of nitrogens with one attached hydrogen (secondary N) is 2. The number of carbonyl (C=O) groups excluding carboxylic acids is 2. The minimum absolute atomic E-state index is 0.00625. The van der Waals surface area contributed by atoms with Gasteiger partial charge >= 0.3 is 0 Å². The molecular weight excluding hydrogens is 652 g/mol. The van der Waals surface area contributed by atoms with Crippen LogP contribution in [-0.2, 0) is 32.2 Å². The van der Waals surface area contributed by atoms with Gasteiger partial charge in [-0.15, -0.1) is 0 Å². The van der Waals surface area contributed by atoms with Crippen LogP contribution in [0.1, 0.15) is 99.9 Å². The van der Waals surface area contributed by atoms with Crippen molar-refractivity contribution in [3.63, 3.8) is 0 Å². The molecule has 280 valence electrons. The van der Waals surface area contributed by atoms with Crippen molar-refractivity contribution < 1.29 is 24.2 Å². The number of aliphatic hydroxyl groups is 1. The van der Waals surface area contributed by atoms with Gasteiger partial charge in [0.15, 0.2) is 6.29 Å². The van der Waals surface area contributed by atoms with Crippen molar-refractivity contribution in [3.05, 3.63) is 95.1 Å². The largest absolute Gasteiger partial charge is 0.392 e.